The molecule has 2 aromatic carbocycles. The Kier molecular flexibility index (Phi) is 5.08. The summed E-state index contributed by atoms with van der Waals surface area (Å²) in [6.45, 7) is 2.18. The van der Waals surface area contributed by atoms with Crippen LogP contribution in [0.1, 0.15) is 22.8 Å². The molecule has 1 atom stereocenters. The molecule has 0 saturated carbocycles. The van der Waals surface area contributed by atoms with E-state index >= 15 is 0 Å². The van der Waals surface area contributed by atoms with E-state index in [2.05, 4.69) is 40.3 Å². The molecular weight excluding hydrogens is 366 g/mol. The van der Waals surface area contributed by atoms with Crippen molar-refractivity contribution in [2.45, 2.75) is 19.4 Å². The Morgan fingerprint density at radius 2 is 1.93 bits per heavy atom. The summed E-state index contributed by atoms with van der Waals surface area (Å²) in [5.74, 6) is 1.77. The topological polar surface area (TPSA) is 63.7 Å². The quantitative estimate of drug-likeness (QED) is 0.699. The van der Waals surface area contributed by atoms with Gasteiger partial charge in [-0.3, -0.25) is 4.79 Å². The second-order valence-corrected chi connectivity index (χ2v) is 6.98. The van der Waals surface area contributed by atoms with E-state index in [1.165, 1.54) is 11.3 Å². The van der Waals surface area contributed by atoms with Crippen LogP contribution in [0.15, 0.2) is 60.8 Å². The van der Waals surface area contributed by atoms with Gasteiger partial charge >= 0.3 is 0 Å². The maximum Gasteiger partial charge on any atom is 0.257 e. The van der Waals surface area contributed by atoms with Crippen molar-refractivity contribution < 1.29 is 14.3 Å². The Bertz CT molecular complexity index is 1030. The Morgan fingerprint density at radius 1 is 1.10 bits per heavy atom. The number of nitrogens with zero attached hydrogens (tertiary/aromatic N) is 2. The summed E-state index contributed by atoms with van der Waals surface area (Å²) in [7, 11) is 3.14. The minimum Gasteiger partial charge on any atom is -0.497 e. The predicted molar refractivity (Wildman–Crippen MR) is 113 cm³/mol. The van der Waals surface area contributed by atoms with Gasteiger partial charge in [-0.15, -0.1) is 0 Å². The van der Waals surface area contributed by atoms with E-state index in [0.717, 1.165) is 12.2 Å². The summed E-state index contributed by atoms with van der Waals surface area (Å²) in [5, 5.41) is 2.87. The van der Waals surface area contributed by atoms with Gasteiger partial charge in [0.1, 0.15) is 17.3 Å². The number of methoxy groups -OCH3 is 2. The standard InChI is InChI=1S/C23H23N3O3/c1-15-12-16-6-4-5-7-20(16)26(15)22-11-8-17(14-24-22)23(27)25-19-13-18(28-2)9-10-21(19)29-3/h4-11,13-15H,12H2,1-3H3,(H,25,27). The average Bonchev–Trinajstić information content (AvgIpc) is 3.09. The van der Waals surface area contributed by atoms with Gasteiger partial charge in [-0.05, 0) is 49.2 Å². The van der Waals surface area contributed by atoms with Crippen LogP contribution >= 0.6 is 0 Å². The Hall–Kier alpha value is -3.54. The number of rotatable bonds is 5. The lowest BCUT2D eigenvalue weighted by molar-refractivity contribution is 0.102. The number of carbonyl (C=O) groups is 1. The van der Waals surface area contributed by atoms with Crippen LogP contribution in [0, 0.1) is 0 Å². The first-order valence-electron chi connectivity index (χ1n) is 9.47. The van der Waals surface area contributed by atoms with Crippen LogP contribution in [0.25, 0.3) is 0 Å². The third kappa shape index (κ3) is 3.61. The molecule has 1 unspecified atom stereocenters. The summed E-state index contributed by atoms with van der Waals surface area (Å²) in [4.78, 5) is 19.5. The molecule has 4 rings (SSSR count). The molecule has 1 aliphatic heterocycles. The van der Waals surface area contributed by atoms with E-state index in [1.54, 1.807) is 44.7 Å². The van der Waals surface area contributed by atoms with E-state index in [0.29, 0.717) is 28.8 Å². The number of aromatic nitrogens is 1. The number of amides is 1. The number of anilines is 3. The Balaban J connectivity index is 1.55. The lowest BCUT2D eigenvalue weighted by Gasteiger charge is -2.23. The van der Waals surface area contributed by atoms with E-state index in [9.17, 15) is 4.79 Å². The fourth-order valence-electron chi connectivity index (χ4n) is 3.68. The minimum absolute atomic E-state index is 0.259. The maximum absolute atomic E-state index is 12.7. The van der Waals surface area contributed by atoms with Crippen molar-refractivity contribution in [1.82, 2.24) is 4.98 Å². The molecule has 3 aromatic rings. The number of nitrogens with one attached hydrogen (secondary N) is 1. The van der Waals surface area contributed by atoms with Crippen LogP contribution in [-0.4, -0.2) is 31.2 Å². The molecule has 0 radical (unpaired) electrons. The summed E-state index contributed by atoms with van der Waals surface area (Å²) < 4.78 is 10.5. The van der Waals surface area contributed by atoms with Gasteiger partial charge in [-0.2, -0.15) is 0 Å². The normalized spacial score (nSPS) is 15.0. The number of ether oxygens (including phenoxy) is 2. The van der Waals surface area contributed by atoms with Gasteiger partial charge < -0.3 is 19.7 Å². The highest BCUT2D eigenvalue weighted by Gasteiger charge is 2.27. The summed E-state index contributed by atoms with van der Waals surface area (Å²) in [6, 6.07) is 17.6. The van der Waals surface area contributed by atoms with Crippen LogP contribution < -0.4 is 19.7 Å². The first kappa shape index (κ1) is 18.8. The summed E-state index contributed by atoms with van der Waals surface area (Å²) >= 11 is 0. The number of carbonyl (C=O) groups excluding carboxylic acids is 1. The number of para-hydroxylation sites is 1. The largest absolute Gasteiger partial charge is 0.497 e. The SMILES string of the molecule is COc1ccc(OC)c(NC(=O)c2ccc(N3c4ccccc4CC3C)nc2)c1. The molecule has 0 saturated heterocycles. The highest BCUT2D eigenvalue weighted by Crippen LogP contribution is 2.37. The Morgan fingerprint density at radius 3 is 2.66 bits per heavy atom. The van der Waals surface area contributed by atoms with Crippen molar-refractivity contribution in [3.05, 3.63) is 71.9 Å². The molecule has 0 aliphatic carbocycles. The number of pyridine rings is 1. The third-order valence-corrected chi connectivity index (χ3v) is 5.12. The molecule has 148 valence electrons. The molecule has 6 heteroatoms. The van der Waals surface area contributed by atoms with Crippen molar-refractivity contribution in [2.24, 2.45) is 0 Å². The molecule has 6 nitrogen and oxygen atoms in total. The monoisotopic (exact) mass is 389 g/mol. The van der Waals surface area contributed by atoms with Gasteiger partial charge in [0.15, 0.2) is 0 Å². The van der Waals surface area contributed by atoms with Crippen molar-refractivity contribution in [2.75, 3.05) is 24.4 Å². The zero-order chi connectivity index (χ0) is 20.4. The highest BCUT2D eigenvalue weighted by molar-refractivity contribution is 6.05. The molecule has 29 heavy (non-hydrogen) atoms. The number of hydrogen-bond donors (Lipinski definition) is 1. The van der Waals surface area contributed by atoms with E-state index < -0.39 is 0 Å². The number of benzene rings is 2. The van der Waals surface area contributed by atoms with Crippen LogP contribution in [0.5, 0.6) is 11.5 Å². The molecule has 1 amide bonds. The van der Waals surface area contributed by atoms with Crippen LogP contribution in [0.2, 0.25) is 0 Å². The maximum atomic E-state index is 12.7. The first-order valence-corrected chi connectivity index (χ1v) is 9.47. The second kappa shape index (κ2) is 7.83. The molecule has 0 spiro atoms. The van der Waals surface area contributed by atoms with Gasteiger partial charge in [0, 0.05) is 24.0 Å². The van der Waals surface area contributed by atoms with Crippen molar-refractivity contribution in [3.63, 3.8) is 0 Å². The lowest BCUT2D eigenvalue weighted by atomic mass is 10.1. The van der Waals surface area contributed by atoms with Gasteiger partial charge in [-0.1, -0.05) is 18.2 Å². The first-order chi connectivity index (χ1) is 14.1. The van der Waals surface area contributed by atoms with Crippen molar-refractivity contribution >= 4 is 23.1 Å². The van der Waals surface area contributed by atoms with Gasteiger partial charge in [0.05, 0.1) is 25.5 Å². The van der Waals surface area contributed by atoms with Crippen LogP contribution in [0.4, 0.5) is 17.2 Å². The van der Waals surface area contributed by atoms with Gasteiger partial charge in [-0.25, -0.2) is 4.98 Å². The number of fused-ring (bicyclic) bond motifs is 1. The molecule has 0 fully saturated rings. The summed E-state index contributed by atoms with van der Waals surface area (Å²) in [6.07, 6.45) is 2.58. The fourth-order valence-corrected chi connectivity index (χ4v) is 3.68. The predicted octanol–water partition coefficient (Wildman–Crippen LogP) is 4.43. The minimum atomic E-state index is -0.259. The van der Waals surface area contributed by atoms with Crippen molar-refractivity contribution in [1.29, 1.82) is 0 Å². The van der Waals surface area contributed by atoms with Crippen LogP contribution in [0.3, 0.4) is 0 Å². The molecule has 1 N–H and O–H groups in total. The lowest BCUT2D eigenvalue weighted by Crippen LogP contribution is -2.25. The molecule has 1 aliphatic rings. The second-order valence-electron chi connectivity index (χ2n) is 6.98. The molecule has 0 bridgehead atoms. The molecular formula is C23H23N3O3. The average molecular weight is 389 g/mol. The molecule has 2 heterocycles. The van der Waals surface area contributed by atoms with Crippen molar-refractivity contribution in [3.8, 4) is 11.5 Å². The highest BCUT2D eigenvalue weighted by atomic mass is 16.5. The van der Waals surface area contributed by atoms with Crippen LogP contribution in [-0.2, 0) is 6.42 Å². The third-order valence-electron chi connectivity index (χ3n) is 5.12. The van der Waals surface area contributed by atoms with Gasteiger partial charge in [0.25, 0.3) is 5.91 Å². The van der Waals surface area contributed by atoms with E-state index in [4.69, 9.17) is 9.47 Å². The Labute approximate surface area is 170 Å². The zero-order valence-corrected chi connectivity index (χ0v) is 16.7. The van der Waals surface area contributed by atoms with E-state index in [1.807, 2.05) is 12.1 Å². The van der Waals surface area contributed by atoms with Gasteiger partial charge in [0.2, 0.25) is 0 Å². The fraction of sp³-hybridized carbons (Fsp3) is 0.217. The molecule has 1 aromatic heterocycles. The zero-order valence-electron chi connectivity index (χ0n) is 16.7. The smallest absolute Gasteiger partial charge is 0.257 e. The number of hydrogen-bond acceptors (Lipinski definition) is 5. The van der Waals surface area contributed by atoms with E-state index in [-0.39, 0.29) is 5.91 Å². The summed E-state index contributed by atoms with van der Waals surface area (Å²) in [5.41, 5.74) is 3.50.